The van der Waals surface area contributed by atoms with Gasteiger partial charge in [0.1, 0.15) is 22.8 Å². The van der Waals surface area contributed by atoms with Crippen molar-refractivity contribution in [2.24, 2.45) is 5.73 Å². The van der Waals surface area contributed by atoms with Crippen molar-refractivity contribution >= 4 is 23.5 Å². The minimum Gasteiger partial charge on any atom is -0.445 e. The first-order valence-electron chi connectivity index (χ1n) is 13.0. The van der Waals surface area contributed by atoms with Gasteiger partial charge in [-0.05, 0) is 82.7 Å². The van der Waals surface area contributed by atoms with Crippen LogP contribution >= 0.6 is 11.6 Å². The lowest BCUT2D eigenvalue weighted by Crippen LogP contribution is -2.58. The molecule has 1 aromatic heterocycles. The number of hydrogen-bond acceptors (Lipinski definition) is 6. The maximum atomic E-state index is 14.7. The molecule has 3 aromatic rings. The summed E-state index contributed by atoms with van der Waals surface area (Å²) in [4.78, 5) is 28.9. The highest BCUT2D eigenvalue weighted by atomic mass is 35.5. The summed E-state index contributed by atoms with van der Waals surface area (Å²) in [5.74, 6) is -2.05. The number of aromatic nitrogens is 1. The lowest BCUT2D eigenvalue weighted by atomic mass is 9.70. The minimum absolute atomic E-state index is 0.0642. The molecular weight excluding hydrogens is 509 g/mol. The molecule has 1 aliphatic carbocycles. The van der Waals surface area contributed by atoms with E-state index in [1.807, 2.05) is 18.2 Å². The Bertz CT molecular complexity index is 1310. The zero-order valence-electron chi connectivity index (χ0n) is 21.3. The number of primary amides is 1. The van der Waals surface area contributed by atoms with E-state index in [2.05, 4.69) is 22.2 Å². The van der Waals surface area contributed by atoms with Gasteiger partial charge in [0.05, 0.1) is 10.6 Å². The summed E-state index contributed by atoms with van der Waals surface area (Å²) in [5, 5.41) is 3.96. The molecule has 0 spiro atoms. The maximum Gasteiger partial charge on any atom is 0.345 e. The zero-order valence-corrected chi connectivity index (χ0v) is 22.1. The van der Waals surface area contributed by atoms with Gasteiger partial charge in [-0.2, -0.15) is 0 Å². The van der Waals surface area contributed by atoms with Crippen LogP contribution in [0.4, 0.5) is 4.39 Å². The Hall–Kier alpha value is -3.23. The molecule has 1 amide bonds. The number of esters is 1. The zero-order chi connectivity index (χ0) is 26.9. The Kier molecular flexibility index (Phi) is 7.29. The van der Waals surface area contributed by atoms with Crippen molar-refractivity contribution in [1.29, 1.82) is 0 Å². The van der Waals surface area contributed by atoms with Crippen LogP contribution in [0.15, 0.2) is 53.1 Å². The summed E-state index contributed by atoms with van der Waals surface area (Å²) >= 11 is 6.23. The molecule has 1 saturated heterocycles. The van der Waals surface area contributed by atoms with E-state index in [0.29, 0.717) is 12.8 Å². The van der Waals surface area contributed by atoms with Crippen molar-refractivity contribution in [2.75, 3.05) is 13.1 Å². The van der Waals surface area contributed by atoms with E-state index in [4.69, 9.17) is 26.6 Å². The molecule has 0 radical (unpaired) electrons. The van der Waals surface area contributed by atoms with Crippen LogP contribution in [0.3, 0.4) is 0 Å². The highest BCUT2D eigenvalue weighted by Crippen LogP contribution is 2.44. The van der Waals surface area contributed by atoms with Gasteiger partial charge in [0.2, 0.25) is 0 Å². The molecule has 5 rings (SSSR count). The highest BCUT2D eigenvalue weighted by Gasteiger charge is 2.51. The van der Waals surface area contributed by atoms with Crippen LogP contribution in [0, 0.1) is 12.7 Å². The van der Waals surface area contributed by atoms with Crippen LogP contribution in [-0.2, 0) is 16.0 Å². The van der Waals surface area contributed by atoms with Crippen LogP contribution in [0.2, 0.25) is 5.02 Å². The Morgan fingerprint density at radius 2 is 1.76 bits per heavy atom. The van der Waals surface area contributed by atoms with Crippen molar-refractivity contribution in [3.63, 3.8) is 0 Å². The Morgan fingerprint density at radius 1 is 1.08 bits per heavy atom. The molecule has 0 unspecified atom stereocenters. The van der Waals surface area contributed by atoms with Crippen LogP contribution in [0.1, 0.15) is 60.2 Å². The van der Waals surface area contributed by atoms with Crippen LogP contribution in [-0.4, -0.2) is 46.2 Å². The fourth-order valence-corrected chi connectivity index (χ4v) is 6.28. The number of nitrogens with zero attached hydrogens (tertiary/aromatic N) is 2. The van der Waals surface area contributed by atoms with Crippen LogP contribution in [0.5, 0.6) is 0 Å². The molecular formula is C29H31ClFN3O4. The predicted molar refractivity (Wildman–Crippen MR) is 141 cm³/mol. The predicted octanol–water partition coefficient (Wildman–Crippen LogP) is 5.47. The first-order chi connectivity index (χ1) is 18.2. The van der Waals surface area contributed by atoms with E-state index in [9.17, 15) is 14.0 Å². The monoisotopic (exact) mass is 539 g/mol. The second-order valence-corrected chi connectivity index (χ2v) is 10.8. The molecule has 1 saturated carbocycles. The molecule has 2 aliphatic rings. The number of amides is 1. The molecule has 0 bridgehead atoms. The summed E-state index contributed by atoms with van der Waals surface area (Å²) in [6.45, 7) is 3.53. The van der Waals surface area contributed by atoms with Crippen molar-refractivity contribution in [3.8, 4) is 11.3 Å². The minimum atomic E-state index is -1.49. The van der Waals surface area contributed by atoms with E-state index in [0.717, 1.165) is 32.4 Å². The number of carbonyl (C=O) groups is 2. The standard InChI is InChI=1S/C29H31ClFN3O4/c1-19-23(25(33-38-19)24-21(30)10-7-11-22(24)31)26(35)37-29(27(32)36)14-12-28(13-15-29,34-16-5-6-17-34)18-20-8-3-2-4-9-20/h2-4,7-11H,5-6,12-18H2,1H3,(H2,32,36). The topological polar surface area (TPSA) is 98.7 Å². The van der Waals surface area contributed by atoms with Gasteiger partial charge in [0.15, 0.2) is 5.60 Å². The number of hydrogen-bond donors (Lipinski definition) is 1. The summed E-state index contributed by atoms with van der Waals surface area (Å²) in [5.41, 5.74) is 5.27. The van der Waals surface area contributed by atoms with E-state index >= 15 is 0 Å². The fourth-order valence-electron chi connectivity index (χ4n) is 6.03. The third kappa shape index (κ3) is 4.83. The number of nitrogens with two attached hydrogens (primary N) is 1. The molecule has 38 heavy (non-hydrogen) atoms. The molecule has 7 nitrogen and oxygen atoms in total. The lowest BCUT2D eigenvalue weighted by molar-refractivity contribution is -0.144. The van der Waals surface area contributed by atoms with E-state index in [1.165, 1.54) is 30.7 Å². The fraction of sp³-hybridized carbons (Fsp3) is 0.414. The Morgan fingerprint density at radius 3 is 2.39 bits per heavy atom. The molecule has 2 N–H and O–H groups in total. The molecule has 2 fully saturated rings. The van der Waals surface area contributed by atoms with Crippen LogP contribution < -0.4 is 5.73 Å². The highest BCUT2D eigenvalue weighted by molar-refractivity contribution is 6.33. The number of ether oxygens (including phenoxy) is 1. The molecule has 200 valence electrons. The maximum absolute atomic E-state index is 14.7. The van der Waals surface area contributed by atoms with Gasteiger partial charge in [-0.1, -0.05) is 53.2 Å². The summed E-state index contributed by atoms with van der Waals surface area (Å²) < 4.78 is 25.8. The first kappa shape index (κ1) is 26.4. The number of carbonyl (C=O) groups excluding carboxylic acids is 2. The van der Waals surface area contributed by atoms with Gasteiger partial charge in [0, 0.05) is 5.54 Å². The second-order valence-electron chi connectivity index (χ2n) is 10.4. The average Bonchev–Trinajstić information content (AvgIpc) is 3.57. The van der Waals surface area contributed by atoms with E-state index in [1.54, 1.807) is 0 Å². The van der Waals surface area contributed by atoms with Crippen molar-refractivity contribution in [2.45, 2.75) is 63.0 Å². The summed E-state index contributed by atoms with van der Waals surface area (Å²) in [6.07, 6.45) is 4.99. The van der Waals surface area contributed by atoms with Gasteiger partial charge in [-0.25, -0.2) is 9.18 Å². The van der Waals surface area contributed by atoms with Crippen molar-refractivity contribution < 1.29 is 23.2 Å². The Balaban J connectivity index is 1.42. The van der Waals surface area contributed by atoms with Crippen molar-refractivity contribution in [1.82, 2.24) is 10.1 Å². The Labute approximate surface area is 226 Å². The normalized spacial score (nSPS) is 23.9. The molecule has 2 aromatic carbocycles. The number of aryl methyl sites for hydroxylation is 1. The van der Waals surface area contributed by atoms with Gasteiger partial charge in [-0.3, -0.25) is 9.69 Å². The van der Waals surface area contributed by atoms with Gasteiger partial charge in [-0.15, -0.1) is 0 Å². The molecule has 1 aliphatic heterocycles. The SMILES string of the molecule is Cc1onc(-c2c(F)cccc2Cl)c1C(=O)OC1(C(N)=O)CCC(Cc2ccccc2)(N2CCCC2)CC1. The molecule has 9 heteroatoms. The van der Waals surface area contributed by atoms with Gasteiger partial charge < -0.3 is 15.0 Å². The summed E-state index contributed by atoms with van der Waals surface area (Å²) in [6, 6.07) is 14.5. The van der Waals surface area contributed by atoms with Crippen molar-refractivity contribution in [3.05, 3.63) is 76.3 Å². The third-order valence-corrected chi connectivity index (χ3v) is 8.46. The number of rotatable bonds is 7. The number of halogens is 2. The molecule has 0 atom stereocenters. The number of benzene rings is 2. The largest absolute Gasteiger partial charge is 0.445 e. The molecule has 2 heterocycles. The second kappa shape index (κ2) is 10.5. The van der Waals surface area contributed by atoms with E-state index in [-0.39, 0.29) is 46.0 Å². The smallest absolute Gasteiger partial charge is 0.345 e. The quantitative estimate of drug-likeness (QED) is 0.399. The lowest BCUT2D eigenvalue weighted by Gasteiger charge is -2.49. The van der Waals surface area contributed by atoms with E-state index < -0.39 is 23.3 Å². The third-order valence-electron chi connectivity index (χ3n) is 8.14. The van der Waals surface area contributed by atoms with Crippen LogP contribution in [0.25, 0.3) is 11.3 Å². The van der Waals surface area contributed by atoms with Gasteiger partial charge in [0.25, 0.3) is 5.91 Å². The summed E-state index contributed by atoms with van der Waals surface area (Å²) in [7, 11) is 0. The first-order valence-corrected chi connectivity index (χ1v) is 13.4. The average molecular weight is 540 g/mol. The van der Waals surface area contributed by atoms with Gasteiger partial charge >= 0.3 is 5.97 Å². The number of likely N-dealkylation sites (tertiary alicyclic amines) is 1.